The Bertz CT molecular complexity index is 1160. The molecule has 3 nitrogen and oxygen atoms in total. The van der Waals surface area contributed by atoms with Crippen molar-refractivity contribution >= 4 is 11.0 Å². The highest BCUT2D eigenvalue weighted by molar-refractivity contribution is 5.77. The first-order chi connectivity index (χ1) is 14.8. The van der Waals surface area contributed by atoms with Crippen LogP contribution in [-0.2, 0) is 5.54 Å². The Morgan fingerprint density at radius 2 is 1.77 bits per heavy atom. The largest absolute Gasteiger partial charge is 0.359 e. The zero-order valence-corrected chi connectivity index (χ0v) is 19.4. The van der Waals surface area contributed by atoms with Gasteiger partial charge in [-0.3, -0.25) is 0 Å². The summed E-state index contributed by atoms with van der Waals surface area (Å²) in [5.74, 6) is 1.53. The number of H-pyrrole nitrogens is 1. The van der Waals surface area contributed by atoms with Crippen LogP contribution in [0.15, 0.2) is 59.8 Å². The molecule has 1 aliphatic heterocycles. The fraction of sp³-hybridized carbons (Fsp3) is 0.393. The van der Waals surface area contributed by atoms with Gasteiger partial charge < -0.3 is 9.88 Å². The monoisotopic (exact) mass is 411 g/mol. The first kappa shape index (κ1) is 20.1. The van der Waals surface area contributed by atoms with E-state index in [2.05, 4.69) is 93.1 Å². The Balaban J connectivity index is 1.54. The molecule has 3 aromatic rings. The van der Waals surface area contributed by atoms with E-state index in [4.69, 9.17) is 4.98 Å². The number of aromatic nitrogens is 2. The fourth-order valence-corrected chi connectivity index (χ4v) is 5.27. The third-order valence-corrected chi connectivity index (χ3v) is 7.49. The third kappa shape index (κ3) is 3.40. The van der Waals surface area contributed by atoms with E-state index in [0.29, 0.717) is 5.92 Å². The van der Waals surface area contributed by atoms with Crippen molar-refractivity contribution in [2.24, 2.45) is 0 Å². The second-order valence-corrected chi connectivity index (χ2v) is 9.76. The number of aryl methyl sites for hydroxylation is 3. The third-order valence-electron chi connectivity index (χ3n) is 7.49. The van der Waals surface area contributed by atoms with Gasteiger partial charge in [-0.05, 0) is 88.3 Å². The topological polar surface area (TPSA) is 31.9 Å². The summed E-state index contributed by atoms with van der Waals surface area (Å²) in [5.41, 5.74) is 10.2. The summed E-state index contributed by atoms with van der Waals surface area (Å²) in [7, 11) is 0. The van der Waals surface area contributed by atoms with E-state index >= 15 is 0 Å². The van der Waals surface area contributed by atoms with E-state index in [1.54, 1.807) is 0 Å². The molecule has 2 heterocycles. The molecule has 1 saturated heterocycles. The molecular weight excluding hydrogens is 378 g/mol. The number of hydrogen-bond donors (Lipinski definition) is 1. The summed E-state index contributed by atoms with van der Waals surface area (Å²) < 4.78 is 0. The van der Waals surface area contributed by atoms with Crippen LogP contribution in [0.3, 0.4) is 0 Å². The SMILES string of the molecule is CC1=CCC(c2ccc(C)cc2)C=C1N1CCC[C@@]1(C)c1nc2cc(C)c(C)cc2[nH]1. The van der Waals surface area contributed by atoms with Crippen molar-refractivity contribution in [1.29, 1.82) is 0 Å². The summed E-state index contributed by atoms with van der Waals surface area (Å²) in [6, 6.07) is 13.5. The van der Waals surface area contributed by atoms with Gasteiger partial charge in [0.2, 0.25) is 0 Å². The first-order valence-corrected chi connectivity index (χ1v) is 11.6. The lowest BCUT2D eigenvalue weighted by atomic mass is 9.87. The molecule has 2 aromatic carbocycles. The molecule has 0 saturated carbocycles. The Labute approximate surface area is 185 Å². The highest BCUT2D eigenvalue weighted by atomic mass is 15.3. The minimum absolute atomic E-state index is 0.114. The molecule has 0 amide bonds. The van der Waals surface area contributed by atoms with Crippen molar-refractivity contribution in [2.75, 3.05) is 6.54 Å². The van der Waals surface area contributed by atoms with E-state index in [-0.39, 0.29) is 5.54 Å². The molecule has 31 heavy (non-hydrogen) atoms. The van der Waals surface area contributed by atoms with E-state index in [1.807, 2.05) is 0 Å². The predicted octanol–water partition coefficient (Wildman–Crippen LogP) is 6.82. The molecule has 1 fully saturated rings. The van der Waals surface area contributed by atoms with E-state index < -0.39 is 0 Å². The Morgan fingerprint density at radius 3 is 2.55 bits per heavy atom. The molecule has 160 valence electrons. The standard InChI is InChI=1S/C28H33N3/c1-18-7-10-22(11-8-18)23-12-9-19(2)26(17-23)31-14-6-13-28(31,5)27-29-24-15-20(3)21(4)16-25(24)30-27/h7-11,15-17,23H,6,12-14H2,1-5H3,(H,29,30)/t23?,28-/m0/s1. The molecular formula is C28H33N3. The van der Waals surface area contributed by atoms with Gasteiger partial charge in [-0.25, -0.2) is 4.98 Å². The van der Waals surface area contributed by atoms with Gasteiger partial charge in [0.25, 0.3) is 0 Å². The van der Waals surface area contributed by atoms with Crippen molar-refractivity contribution < 1.29 is 0 Å². The quantitative estimate of drug-likeness (QED) is 0.513. The van der Waals surface area contributed by atoms with Crippen LogP contribution in [0.1, 0.15) is 67.1 Å². The van der Waals surface area contributed by atoms with Gasteiger partial charge in [0.15, 0.2) is 0 Å². The Kier molecular flexibility index (Phi) is 4.80. The van der Waals surface area contributed by atoms with Crippen LogP contribution in [0.25, 0.3) is 11.0 Å². The van der Waals surface area contributed by atoms with E-state index in [1.165, 1.54) is 39.9 Å². The zero-order chi connectivity index (χ0) is 21.8. The molecule has 1 N–H and O–H groups in total. The second-order valence-electron chi connectivity index (χ2n) is 9.76. The number of nitrogens with one attached hydrogen (secondary N) is 1. The molecule has 2 aliphatic rings. The number of hydrogen-bond acceptors (Lipinski definition) is 2. The van der Waals surface area contributed by atoms with Gasteiger partial charge >= 0.3 is 0 Å². The van der Waals surface area contributed by atoms with Crippen molar-refractivity contribution in [3.05, 3.63) is 87.9 Å². The lowest BCUT2D eigenvalue weighted by molar-refractivity contribution is 0.198. The number of fused-ring (bicyclic) bond motifs is 1. The van der Waals surface area contributed by atoms with Crippen LogP contribution in [-0.4, -0.2) is 21.4 Å². The van der Waals surface area contributed by atoms with Crippen LogP contribution in [0.2, 0.25) is 0 Å². The normalized spacial score (nSPS) is 23.9. The molecule has 1 aromatic heterocycles. The predicted molar refractivity (Wildman–Crippen MR) is 129 cm³/mol. The molecule has 1 aliphatic carbocycles. The van der Waals surface area contributed by atoms with Crippen LogP contribution in [0.4, 0.5) is 0 Å². The smallest absolute Gasteiger partial charge is 0.132 e. The summed E-state index contributed by atoms with van der Waals surface area (Å²) in [6.07, 6.45) is 8.30. The zero-order valence-electron chi connectivity index (χ0n) is 19.4. The van der Waals surface area contributed by atoms with Crippen molar-refractivity contribution in [2.45, 2.75) is 65.3 Å². The van der Waals surface area contributed by atoms with Crippen molar-refractivity contribution in [3.8, 4) is 0 Å². The lowest BCUT2D eigenvalue weighted by Gasteiger charge is -2.39. The maximum absolute atomic E-state index is 5.08. The number of allylic oxidation sites excluding steroid dienone is 3. The lowest BCUT2D eigenvalue weighted by Crippen LogP contribution is -2.39. The highest BCUT2D eigenvalue weighted by Crippen LogP contribution is 2.44. The Hall–Kier alpha value is -2.81. The van der Waals surface area contributed by atoms with Gasteiger partial charge in [0.1, 0.15) is 5.82 Å². The molecule has 0 radical (unpaired) electrons. The first-order valence-electron chi connectivity index (χ1n) is 11.6. The summed E-state index contributed by atoms with van der Waals surface area (Å²) in [4.78, 5) is 11.4. The van der Waals surface area contributed by atoms with Crippen molar-refractivity contribution in [3.63, 3.8) is 0 Å². The van der Waals surface area contributed by atoms with Gasteiger partial charge in [-0.15, -0.1) is 0 Å². The number of benzene rings is 2. The average molecular weight is 412 g/mol. The highest BCUT2D eigenvalue weighted by Gasteiger charge is 2.42. The van der Waals surface area contributed by atoms with Crippen LogP contribution in [0, 0.1) is 20.8 Å². The van der Waals surface area contributed by atoms with E-state index in [0.717, 1.165) is 36.2 Å². The minimum atomic E-state index is -0.114. The molecule has 1 unspecified atom stereocenters. The number of rotatable bonds is 3. The van der Waals surface area contributed by atoms with Crippen LogP contribution < -0.4 is 0 Å². The summed E-state index contributed by atoms with van der Waals surface area (Å²) >= 11 is 0. The van der Waals surface area contributed by atoms with Crippen LogP contribution in [0.5, 0.6) is 0 Å². The number of likely N-dealkylation sites (tertiary alicyclic amines) is 1. The maximum Gasteiger partial charge on any atom is 0.132 e. The maximum atomic E-state index is 5.08. The molecule has 3 heteroatoms. The summed E-state index contributed by atoms with van der Waals surface area (Å²) in [5, 5.41) is 0. The summed E-state index contributed by atoms with van der Waals surface area (Å²) in [6.45, 7) is 12.2. The van der Waals surface area contributed by atoms with Gasteiger partial charge in [-0.2, -0.15) is 0 Å². The molecule has 0 bridgehead atoms. The van der Waals surface area contributed by atoms with Gasteiger partial charge in [0, 0.05) is 18.2 Å². The average Bonchev–Trinajstić information content (AvgIpc) is 3.34. The second kappa shape index (κ2) is 7.40. The number of nitrogens with zero attached hydrogens (tertiary/aromatic N) is 2. The Morgan fingerprint density at radius 1 is 1.03 bits per heavy atom. The van der Waals surface area contributed by atoms with Crippen LogP contribution >= 0.6 is 0 Å². The van der Waals surface area contributed by atoms with E-state index in [9.17, 15) is 0 Å². The minimum Gasteiger partial charge on any atom is -0.359 e. The van der Waals surface area contributed by atoms with Gasteiger partial charge in [0.05, 0.1) is 16.6 Å². The fourth-order valence-electron chi connectivity index (χ4n) is 5.27. The number of aromatic amines is 1. The van der Waals surface area contributed by atoms with Crippen molar-refractivity contribution in [1.82, 2.24) is 14.9 Å². The molecule has 2 atom stereocenters. The molecule has 0 spiro atoms. The van der Waals surface area contributed by atoms with Gasteiger partial charge in [-0.1, -0.05) is 42.0 Å². The number of imidazole rings is 1. The molecule has 5 rings (SSSR count).